The van der Waals surface area contributed by atoms with E-state index in [1.165, 1.54) is 0 Å². The van der Waals surface area contributed by atoms with Crippen LogP contribution in [0.15, 0.2) is 36.4 Å². The van der Waals surface area contributed by atoms with Crippen molar-refractivity contribution in [2.45, 2.75) is 33.6 Å². The van der Waals surface area contributed by atoms with Crippen molar-refractivity contribution in [3.63, 3.8) is 0 Å². The van der Waals surface area contributed by atoms with Crippen LogP contribution in [0, 0.1) is 12.8 Å². The predicted octanol–water partition coefficient (Wildman–Crippen LogP) is 2.56. The number of amides is 1. The molecule has 162 valence electrons. The van der Waals surface area contributed by atoms with Crippen molar-refractivity contribution in [2.24, 2.45) is 11.7 Å². The first-order valence-corrected chi connectivity index (χ1v) is 9.95. The van der Waals surface area contributed by atoms with Gasteiger partial charge in [-0.3, -0.25) is 9.59 Å². The molecule has 0 aliphatic rings. The Morgan fingerprint density at radius 2 is 1.87 bits per heavy atom. The van der Waals surface area contributed by atoms with Crippen LogP contribution >= 0.6 is 0 Å². The fourth-order valence-electron chi connectivity index (χ4n) is 3.65. The topological polar surface area (TPSA) is 124 Å². The number of ketones is 1. The van der Waals surface area contributed by atoms with Crippen molar-refractivity contribution < 1.29 is 24.2 Å². The van der Waals surface area contributed by atoms with Gasteiger partial charge in [0.1, 0.15) is 11.3 Å². The predicted molar refractivity (Wildman–Crippen MR) is 114 cm³/mol. The van der Waals surface area contributed by atoms with Crippen LogP contribution in [-0.4, -0.2) is 39.0 Å². The van der Waals surface area contributed by atoms with Gasteiger partial charge in [-0.2, -0.15) is 5.10 Å². The first kappa shape index (κ1) is 22.0. The van der Waals surface area contributed by atoms with E-state index in [1.54, 1.807) is 17.5 Å². The van der Waals surface area contributed by atoms with Gasteiger partial charge in [-0.05, 0) is 30.4 Å². The van der Waals surface area contributed by atoms with Crippen LogP contribution < -0.4 is 10.5 Å². The van der Waals surface area contributed by atoms with Crippen LogP contribution in [0.5, 0.6) is 5.75 Å². The molecule has 3 aromatic rings. The highest BCUT2D eigenvalue weighted by atomic mass is 16.5. The lowest BCUT2D eigenvalue weighted by Gasteiger charge is -2.10. The third kappa shape index (κ3) is 4.74. The van der Waals surface area contributed by atoms with E-state index in [2.05, 4.69) is 5.10 Å². The lowest BCUT2D eigenvalue weighted by atomic mass is 9.94. The largest absolute Gasteiger partial charge is 0.480 e. The lowest BCUT2D eigenvalue weighted by molar-refractivity contribution is -0.139. The van der Waals surface area contributed by atoms with Crippen LogP contribution in [0.1, 0.15) is 46.7 Å². The number of hydrogen-bond donors (Lipinski definition) is 2. The smallest absolute Gasteiger partial charge is 0.341 e. The number of ether oxygens (including phenoxy) is 1. The Balaban J connectivity index is 2.37. The van der Waals surface area contributed by atoms with E-state index in [0.717, 1.165) is 11.3 Å². The standard InChI is InChI=1S/C23H25N3O5/c1-13(2)9-16-17(11-15-7-5-4-6-8-15)26-21(20(16)22(29)23(24)30)18(10-14(3)25-26)31-12-19(27)28/h4-8,10,13H,9,11-12H2,1-3H3,(H2,24,30)(H,27,28). The molecule has 1 amide bonds. The maximum Gasteiger partial charge on any atom is 0.341 e. The van der Waals surface area contributed by atoms with Crippen molar-refractivity contribution >= 4 is 23.2 Å². The molecule has 0 spiro atoms. The number of hydrogen-bond acceptors (Lipinski definition) is 5. The minimum absolute atomic E-state index is 0.125. The van der Waals surface area contributed by atoms with Gasteiger partial charge in [0.05, 0.1) is 17.0 Å². The Labute approximate surface area is 179 Å². The Hall–Kier alpha value is -3.68. The molecule has 3 N–H and O–H groups in total. The van der Waals surface area contributed by atoms with Crippen molar-refractivity contribution in [3.05, 3.63) is 64.5 Å². The second kappa shape index (κ2) is 8.99. The summed E-state index contributed by atoms with van der Waals surface area (Å²) in [5.41, 5.74) is 8.74. The van der Waals surface area contributed by atoms with Gasteiger partial charge in [0.25, 0.3) is 11.7 Å². The fraction of sp³-hybridized carbons (Fsp3) is 0.304. The number of Topliss-reactive ketones (excluding diaryl/α,β-unsaturated/α-hetero) is 1. The summed E-state index contributed by atoms with van der Waals surface area (Å²) >= 11 is 0. The molecule has 8 heteroatoms. The van der Waals surface area contributed by atoms with Gasteiger partial charge >= 0.3 is 5.97 Å². The molecule has 1 aromatic carbocycles. The van der Waals surface area contributed by atoms with Gasteiger partial charge in [0.2, 0.25) is 0 Å². The van der Waals surface area contributed by atoms with E-state index >= 15 is 0 Å². The number of carbonyl (C=O) groups is 3. The van der Waals surface area contributed by atoms with Crippen LogP contribution in [-0.2, 0) is 22.4 Å². The molecule has 0 radical (unpaired) electrons. The lowest BCUT2D eigenvalue weighted by Crippen LogP contribution is -2.24. The number of aliphatic carboxylic acids is 1. The summed E-state index contributed by atoms with van der Waals surface area (Å²) in [5, 5.41) is 13.6. The molecule has 0 saturated heterocycles. The number of benzene rings is 1. The summed E-state index contributed by atoms with van der Waals surface area (Å²) in [7, 11) is 0. The summed E-state index contributed by atoms with van der Waals surface area (Å²) in [4.78, 5) is 35.9. The summed E-state index contributed by atoms with van der Waals surface area (Å²) in [6, 6.07) is 11.2. The van der Waals surface area contributed by atoms with Gasteiger partial charge in [-0.1, -0.05) is 44.2 Å². The van der Waals surface area contributed by atoms with Crippen LogP contribution in [0.3, 0.4) is 0 Å². The molecule has 0 aliphatic heterocycles. The number of carbonyl (C=O) groups excluding carboxylic acids is 2. The third-order valence-electron chi connectivity index (χ3n) is 4.81. The minimum atomic E-state index is -1.16. The van der Waals surface area contributed by atoms with E-state index in [-0.39, 0.29) is 22.7 Å². The zero-order valence-corrected chi connectivity index (χ0v) is 17.7. The molecule has 3 rings (SSSR count). The molecule has 31 heavy (non-hydrogen) atoms. The molecule has 0 atom stereocenters. The average Bonchev–Trinajstić information content (AvgIpc) is 2.98. The summed E-state index contributed by atoms with van der Waals surface area (Å²) in [6.07, 6.45) is 0.974. The molecule has 0 aliphatic carbocycles. The van der Waals surface area contributed by atoms with Gasteiger partial charge in [-0.25, -0.2) is 9.31 Å². The van der Waals surface area contributed by atoms with E-state index in [4.69, 9.17) is 15.6 Å². The number of primary amides is 1. The van der Waals surface area contributed by atoms with E-state index in [9.17, 15) is 14.4 Å². The first-order valence-electron chi connectivity index (χ1n) is 9.95. The summed E-state index contributed by atoms with van der Waals surface area (Å²) in [5.74, 6) is -2.75. The molecule has 0 unspecified atom stereocenters. The van der Waals surface area contributed by atoms with E-state index < -0.39 is 24.3 Å². The molecular formula is C23H25N3O5. The Morgan fingerprint density at radius 1 is 1.19 bits per heavy atom. The summed E-state index contributed by atoms with van der Waals surface area (Å²) < 4.78 is 7.08. The van der Waals surface area contributed by atoms with Crippen molar-refractivity contribution in [1.82, 2.24) is 9.61 Å². The second-order valence-corrected chi connectivity index (χ2v) is 7.85. The Morgan fingerprint density at radius 3 is 2.45 bits per heavy atom. The third-order valence-corrected chi connectivity index (χ3v) is 4.81. The summed E-state index contributed by atoms with van der Waals surface area (Å²) in [6.45, 7) is 5.17. The van der Waals surface area contributed by atoms with Gasteiger partial charge in [0, 0.05) is 12.5 Å². The quantitative estimate of drug-likeness (QED) is 0.403. The average molecular weight is 423 g/mol. The SMILES string of the molecule is Cc1cc(OCC(=O)O)c2c(C(=O)C(N)=O)c(CC(C)C)c(Cc3ccccc3)n2n1. The number of fused-ring (bicyclic) bond motifs is 1. The van der Waals surface area contributed by atoms with Crippen LogP contribution in [0.4, 0.5) is 0 Å². The number of nitrogens with two attached hydrogens (primary N) is 1. The highest BCUT2D eigenvalue weighted by molar-refractivity contribution is 6.44. The normalized spacial score (nSPS) is 11.1. The molecular weight excluding hydrogens is 398 g/mol. The van der Waals surface area contributed by atoms with Crippen molar-refractivity contribution in [1.29, 1.82) is 0 Å². The van der Waals surface area contributed by atoms with Gasteiger partial charge in [-0.15, -0.1) is 0 Å². The maximum absolute atomic E-state index is 12.9. The first-order chi connectivity index (χ1) is 14.7. The number of aromatic nitrogens is 2. The number of nitrogens with zero attached hydrogens (tertiary/aromatic N) is 2. The van der Waals surface area contributed by atoms with Crippen LogP contribution in [0.2, 0.25) is 0 Å². The minimum Gasteiger partial charge on any atom is -0.480 e. The number of carboxylic acids is 1. The monoisotopic (exact) mass is 423 g/mol. The Kier molecular flexibility index (Phi) is 6.39. The fourth-order valence-corrected chi connectivity index (χ4v) is 3.65. The van der Waals surface area contributed by atoms with Gasteiger partial charge < -0.3 is 15.6 Å². The Bertz CT molecular complexity index is 1150. The number of aryl methyl sites for hydroxylation is 1. The molecule has 0 fully saturated rings. The van der Waals surface area contributed by atoms with E-state index in [0.29, 0.717) is 24.1 Å². The molecule has 0 saturated carbocycles. The highest BCUT2D eigenvalue weighted by Crippen LogP contribution is 2.34. The van der Waals surface area contributed by atoms with Crippen molar-refractivity contribution in [2.75, 3.05) is 6.61 Å². The maximum atomic E-state index is 12.9. The zero-order chi connectivity index (χ0) is 22.7. The van der Waals surface area contributed by atoms with Crippen molar-refractivity contribution in [3.8, 4) is 5.75 Å². The van der Waals surface area contributed by atoms with E-state index in [1.807, 2.05) is 44.2 Å². The molecule has 2 aromatic heterocycles. The number of rotatable bonds is 9. The molecule has 0 bridgehead atoms. The van der Waals surface area contributed by atoms with Gasteiger partial charge in [0.15, 0.2) is 6.61 Å². The highest BCUT2D eigenvalue weighted by Gasteiger charge is 2.30. The number of carboxylic acid groups (broad SMARTS) is 1. The zero-order valence-electron chi connectivity index (χ0n) is 17.7. The second-order valence-electron chi connectivity index (χ2n) is 7.85. The van der Waals surface area contributed by atoms with Crippen LogP contribution in [0.25, 0.3) is 5.52 Å². The molecule has 8 nitrogen and oxygen atoms in total. The molecule has 2 heterocycles.